The highest BCUT2D eigenvalue weighted by molar-refractivity contribution is 6.31. The second-order valence-electron chi connectivity index (χ2n) is 8.35. The molecule has 2 aromatic heterocycles. The van der Waals surface area contributed by atoms with Crippen molar-refractivity contribution in [1.29, 1.82) is 0 Å². The maximum Gasteiger partial charge on any atom is 0.278 e. The molecule has 0 radical (unpaired) electrons. The quantitative estimate of drug-likeness (QED) is 0.366. The maximum atomic E-state index is 13.7. The minimum Gasteiger partial charge on any atom is -0.497 e. The van der Waals surface area contributed by atoms with Crippen LogP contribution < -0.4 is 15.6 Å². The predicted octanol–water partition coefficient (Wildman–Crippen LogP) is 5.01. The first-order chi connectivity index (χ1) is 16.9. The Bertz CT molecular complexity index is 1640. The van der Waals surface area contributed by atoms with Gasteiger partial charge in [0.1, 0.15) is 23.3 Å². The van der Waals surface area contributed by atoms with Gasteiger partial charge in [0.25, 0.3) is 5.56 Å². The van der Waals surface area contributed by atoms with Crippen LogP contribution in [0.4, 0.5) is 5.69 Å². The van der Waals surface area contributed by atoms with Gasteiger partial charge in [-0.3, -0.25) is 14.2 Å². The van der Waals surface area contributed by atoms with E-state index in [1.165, 1.54) is 10.9 Å². The number of benzene rings is 3. The lowest BCUT2D eigenvalue weighted by molar-refractivity contribution is -0.116. The summed E-state index contributed by atoms with van der Waals surface area (Å²) in [5.41, 5.74) is 3.94. The smallest absolute Gasteiger partial charge is 0.278 e. The third-order valence-electron chi connectivity index (χ3n) is 5.94. The van der Waals surface area contributed by atoms with Crippen LogP contribution in [0.1, 0.15) is 11.1 Å². The van der Waals surface area contributed by atoms with Gasteiger partial charge in [0.2, 0.25) is 5.91 Å². The molecule has 0 unspecified atom stereocenters. The molecule has 8 heteroatoms. The SMILES string of the molecule is COc1cccc(NC(=O)Cn2c3ccc(C)cc3c3ncn(Cc4ccccc4Cl)c(=O)c32)c1. The van der Waals surface area contributed by atoms with Crippen LogP contribution in [0.5, 0.6) is 5.75 Å². The molecule has 1 N–H and O–H groups in total. The highest BCUT2D eigenvalue weighted by Gasteiger charge is 2.19. The summed E-state index contributed by atoms with van der Waals surface area (Å²) in [4.78, 5) is 31.3. The van der Waals surface area contributed by atoms with Crippen LogP contribution in [-0.4, -0.2) is 27.1 Å². The number of ether oxygens (including phenoxy) is 1. The van der Waals surface area contributed by atoms with E-state index in [0.717, 1.165) is 22.0 Å². The van der Waals surface area contributed by atoms with Gasteiger partial charge in [-0.1, -0.05) is 47.5 Å². The first-order valence-corrected chi connectivity index (χ1v) is 11.5. The molecule has 3 aromatic carbocycles. The summed E-state index contributed by atoms with van der Waals surface area (Å²) in [6.45, 7) is 2.21. The minimum atomic E-state index is -0.265. The van der Waals surface area contributed by atoms with Crippen molar-refractivity contribution in [2.45, 2.75) is 20.0 Å². The van der Waals surface area contributed by atoms with Gasteiger partial charge in [-0.05, 0) is 42.8 Å². The number of hydrogen-bond acceptors (Lipinski definition) is 4. The summed E-state index contributed by atoms with van der Waals surface area (Å²) in [5.74, 6) is 0.375. The topological polar surface area (TPSA) is 78.2 Å². The third-order valence-corrected chi connectivity index (χ3v) is 6.30. The van der Waals surface area contributed by atoms with Crippen molar-refractivity contribution in [3.8, 4) is 5.75 Å². The number of rotatable bonds is 6. The molecule has 35 heavy (non-hydrogen) atoms. The number of amides is 1. The molecule has 0 saturated heterocycles. The standard InChI is InChI=1S/C27H23ClN4O3/c1-17-10-11-23-21(12-17)25-26(27(34)31(16-29-25)14-18-6-3-4-9-22(18)28)32(23)15-24(33)30-19-7-5-8-20(13-19)35-2/h3-13,16H,14-15H2,1-2H3,(H,30,33). The monoisotopic (exact) mass is 486 g/mol. The van der Waals surface area contributed by atoms with Crippen molar-refractivity contribution in [1.82, 2.24) is 14.1 Å². The Morgan fingerprint density at radius 3 is 2.71 bits per heavy atom. The normalized spacial score (nSPS) is 11.2. The van der Waals surface area contributed by atoms with Crippen molar-refractivity contribution in [2.75, 3.05) is 12.4 Å². The first kappa shape index (κ1) is 22.7. The summed E-state index contributed by atoms with van der Waals surface area (Å²) in [7, 11) is 1.57. The summed E-state index contributed by atoms with van der Waals surface area (Å²) in [6.07, 6.45) is 1.54. The van der Waals surface area contributed by atoms with Gasteiger partial charge in [0.15, 0.2) is 0 Å². The average molecular weight is 487 g/mol. The van der Waals surface area contributed by atoms with E-state index < -0.39 is 0 Å². The Hall–Kier alpha value is -4.10. The van der Waals surface area contributed by atoms with Crippen molar-refractivity contribution in [2.24, 2.45) is 0 Å². The Balaban J connectivity index is 1.59. The summed E-state index contributed by atoms with van der Waals surface area (Å²) >= 11 is 6.32. The third kappa shape index (κ3) is 4.38. The lowest BCUT2D eigenvalue weighted by atomic mass is 10.1. The van der Waals surface area contributed by atoms with E-state index in [0.29, 0.717) is 27.5 Å². The molecule has 0 saturated carbocycles. The van der Waals surface area contributed by atoms with Crippen LogP contribution in [0.2, 0.25) is 5.02 Å². The second kappa shape index (κ2) is 9.27. The van der Waals surface area contributed by atoms with E-state index in [4.69, 9.17) is 16.3 Å². The molecule has 1 amide bonds. The van der Waals surface area contributed by atoms with Gasteiger partial charge in [-0.25, -0.2) is 4.98 Å². The minimum absolute atomic E-state index is 0.0483. The molecule has 0 atom stereocenters. The van der Waals surface area contributed by atoms with Crippen LogP contribution in [0.3, 0.4) is 0 Å². The molecule has 0 bridgehead atoms. The van der Waals surface area contributed by atoms with Crippen molar-refractivity contribution >= 4 is 45.1 Å². The molecule has 0 aliphatic heterocycles. The zero-order valence-electron chi connectivity index (χ0n) is 19.3. The Morgan fingerprint density at radius 2 is 1.91 bits per heavy atom. The summed E-state index contributed by atoms with van der Waals surface area (Å²) < 4.78 is 8.49. The summed E-state index contributed by atoms with van der Waals surface area (Å²) in [6, 6.07) is 20.4. The van der Waals surface area contributed by atoms with Gasteiger partial charge in [-0.15, -0.1) is 0 Å². The molecule has 7 nitrogen and oxygen atoms in total. The first-order valence-electron chi connectivity index (χ1n) is 11.1. The van der Waals surface area contributed by atoms with Gasteiger partial charge in [0.05, 0.1) is 25.5 Å². The number of nitrogens with one attached hydrogen (secondary N) is 1. The molecule has 5 aromatic rings. The Kier molecular flexibility index (Phi) is 6.01. The number of carbonyl (C=O) groups excluding carboxylic acids is 1. The zero-order chi connectivity index (χ0) is 24.5. The highest BCUT2D eigenvalue weighted by atomic mass is 35.5. The zero-order valence-corrected chi connectivity index (χ0v) is 20.0. The fourth-order valence-electron chi connectivity index (χ4n) is 4.25. The average Bonchev–Trinajstić information content (AvgIpc) is 3.15. The number of carbonyl (C=O) groups is 1. The largest absolute Gasteiger partial charge is 0.497 e. The van der Waals surface area contributed by atoms with E-state index in [9.17, 15) is 9.59 Å². The van der Waals surface area contributed by atoms with Crippen LogP contribution in [-0.2, 0) is 17.9 Å². The fourth-order valence-corrected chi connectivity index (χ4v) is 4.44. The Labute approximate surface area is 206 Å². The van der Waals surface area contributed by atoms with E-state index in [1.807, 2.05) is 43.3 Å². The van der Waals surface area contributed by atoms with Crippen molar-refractivity contribution in [3.05, 3.63) is 99.6 Å². The number of hydrogen-bond donors (Lipinski definition) is 1. The van der Waals surface area contributed by atoms with Gasteiger partial charge in [0, 0.05) is 22.2 Å². The van der Waals surface area contributed by atoms with E-state index in [2.05, 4.69) is 10.3 Å². The van der Waals surface area contributed by atoms with E-state index in [-0.39, 0.29) is 24.6 Å². The van der Waals surface area contributed by atoms with Gasteiger partial charge in [-0.2, -0.15) is 0 Å². The maximum absolute atomic E-state index is 13.7. The number of anilines is 1. The number of fused-ring (bicyclic) bond motifs is 3. The van der Waals surface area contributed by atoms with Crippen molar-refractivity contribution < 1.29 is 9.53 Å². The molecule has 0 aliphatic carbocycles. The lowest BCUT2D eigenvalue weighted by Crippen LogP contribution is -2.25. The van der Waals surface area contributed by atoms with E-state index in [1.54, 1.807) is 42.0 Å². The molecule has 0 fully saturated rings. The number of nitrogens with zero attached hydrogens (tertiary/aromatic N) is 3. The number of methoxy groups -OCH3 is 1. The van der Waals surface area contributed by atoms with Crippen molar-refractivity contribution in [3.63, 3.8) is 0 Å². The van der Waals surface area contributed by atoms with Crippen LogP contribution >= 0.6 is 11.6 Å². The van der Waals surface area contributed by atoms with Gasteiger partial charge >= 0.3 is 0 Å². The molecule has 0 aliphatic rings. The number of aromatic nitrogens is 3. The number of aryl methyl sites for hydroxylation is 1. The van der Waals surface area contributed by atoms with Crippen LogP contribution in [0.25, 0.3) is 21.9 Å². The second-order valence-corrected chi connectivity index (χ2v) is 8.76. The highest BCUT2D eigenvalue weighted by Crippen LogP contribution is 2.27. The lowest BCUT2D eigenvalue weighted by Gasteiger charge is -2.11. The van der Waals surface area contributed by atoms with Crippen LogP contribution in [0.15, 0.2) is 77.9 Å². The fraction of sp³-hybridized carbons (Fsp3) is 0.148. The van der Waals surface area contributed by atoms with E-state index >= 15 is 0 Å². The molecular formula is C27H23ClN4O3. The molecule has 0 spiro atoms. The Morgan fingerprint density at radius 1 is 1.09 bits per heavy atom. The molecule has 2 heterocycles. The summed E-state index contributed by atoms with van der Waals surface area (Å²) in [5, 5.41) is 4.30. The predicted molar refractivity (Wildman–Crippen MR) is 138 cm³/mol. The molecule has 5 rings (SSSR count). The molecular weight excluding hydrogens is 464 g/mol. The van der Waals surface area contributed by atoms with Gasteiger partial charge < -0.3 is 14.6 Å². The van der Waals surface area contributed by atoms with Crippen LogP contribution in [0, 0.1) is 6.92 Å². The number of halogens is 1. The molecule has 176 valence electrons.